The second-order valence-corrected chi connectivity index (χ2v) is 8.49. The molecule has 1 atom stereocenters. The molecule has 0 unspecified atom stereocenters. The number of hydrogen-bond donors (Lipinski definition) is 1. The zero-order valence-corrected chi connectivity index (χ0v) is 17.3. The molecule has 2 aliphatic heterocycles. The summed E-state index contributed by atoms with van der Waals surface area (Å²) in [4.78, 5) is 30.5. The number of amides is 2. The van der Waals surface area contributed by atoms with Gasteiger partial charge in [0.25, 0.3) is 5.91 Å². The Hall–Kier alpha value is -1.92. The highest BCUT2D eigenvalue weighted by Gasteiger charge is 2.41. The van der Waals surface area contributed by atoms with Gasteiger partial charge in [-0.25, -0.2) is 0 Å². The molecule has 0 radical (unpaired) electrons. The summed E-state index contributed by atoms with van der Waals surface area (Å²) in [6.45, 7) is 4.98. The normalized spacial score (nSPS) is 23.7. The number of carbonyl (C=O) groups is 2. The quantitative estimate of drug-likeness (QED) is 0.747. The number of benzene rings is 1. The summed E-state index contributed by atoms with van der Waals surface area (Å²) in [6, 6.07) is 7.34. The molecule has 2 fully saturated rings. The van der Waals surface area contributed by atoms with E-state index in [-0.39, 0.29) is 17.9 Å². The van der Waals surface area contributed by atoms with Crippen LogP contribution in [-0.2, 0) is 9.53 Å². The number of rotatable bonds is 6. The lowest BCUT2D eigenvalue weighted by molar-refractivity contribution is -0.126. The minimum absolute atomic E-state index is 0.0106. The predicted octanol–water partition coefficient (Wildman–Crippen LogP) is 2.74. The third kappa shape index (κ3) is 4.81. The minimum Gasteiger partial charge on any atom is -0.379 e. The Morgan fingerprint density at radius 2 is 1.76 bits per heavy atom. The van der Waals surface area contributed by atoms with Crippen LogP contribution in [0, 0.1) is 0 Å². The molecule has 2 amide bonds. The first kappa shape index (κ1) is 20.4. The van der Waals surface area contributed by atoms with Gasteiger partial charge in [-0.2, -0.15) is 0 Å². The van der Waals surface area contributed by atoms with Crippen molar-refractivity contribution in [1.82, 2.24) is 15.1 Å². The Morgan fingerprint density at radius 3 is 2.52 bits per heavy atom. The molecule has 0 aromatic heterocycles. The van der Waals surface area contributed by atoms with Crippen molar-refractivity contribution in [3.05, 3.63) is 35.4 Å². The van der Waals surface area contributed by atoms with Crippen molar-refractivity contribution >= 4 is 11.8 Å². The van der Waals surface area contributed by atoms with E-state index < -0.39 is 6.04 Å². The summed E-state index contributed by atoms with van der Waals surface area (Å²) < 4.78 is 5.41. The van der Waals surface area contributed by atoms with Gasteiger partial charge in [0.15, 0.2) is 0 Å². The molecular formula is C23H33N3O3. The van der Waals surface area contributed by atoms with Crippen LogP contribution in [0.1, 0.15) is 66.9 Å². The van der Waals surface area contributed by atoms with Crippen molar-refractivity contribution in [1.29, 1.82) is 0 Å². The Morgan fingerprint density at radius 1 is 1.03 bits per heavy atom. The Kier molecular flexibility index (Phi) is 6.82. The average Bonchev–Trinajstić information content (AvgIpc) is 2.89. The molecule has 6 heteroatoms. The second kappa shape index (κ2) is 9.72. The second-order valence-electron chi connectivity index (χ2n) is 8.49. The molecule has 158 valence electrons. The van der Waals surface area contributed by atoms with E-state index in [4.69, 9.17) is 4.74 Å². The molecule has 1 N–H and O–H groups in total. The molecule has 29 heavy (non-hydrogen) atoms. The van der Waals surface area contributed by atoms with Crippen LogP contribution < -0.4 is 5.32 Å². The van der Waals surface area contributed by atoms with Crippen LogP contribution in [0.5, 0.6) is 0 Å². The summed E-state index contributed by atoms with van der Waals surface area (Å²) in [6.07, 6.45) is 7.82. The molecule has 3 aliphatic rings. The van der Waals surface area contributed by atoms with Gasteiger partial charge in [-0.15, -0.1) is 0 Å². The lowest BCUT2D eigenvalue weighted by Crippen LogP contribution is -2.44. The number of carbonyl (C=O) groups excluding carboxylic acids is 2. The minimum atomic E-state index is -0.494. The van der Waals surface area contributed by atoms with Gasteiger partial charge in [-0.05, 0) is 30.9 Å². The van der Waals surface area contributed by atoms with Gasteiger partial charge in [0.1, 0.15) is 6.04 Å². The first-order chi connectivity index (χ1) is 14.2. The van der Waals surface area contributed by atoms with Gasteiger partial charge in [0.2, 0.25) is 5.91 Å². The van der Waals surface area contributed by atoms with E-state index in [1.54, 1.807) is 4.90 Å². The van der Waals surface area contributed by atoms with Gasteiger partial charge in [0.05, 0.1) is 13.2 Å². The monoisotopic (exact) mass is 399 g/mol. The fourth-order valence-electron chi connectivity index (χ4n) is 4.88. The van der Waals surface area contributed by atoms with E-state index in [9.17, 15) is 9.59 Å². The molecular weight excluding hydrogens is 366 g/mol. The standard InChI is InChI=1S/C23H33N3O3/c27-22(24-18-8-3-1-2-4-9-18)21-19-10-5-6-11-20(19)23(28)26(21)13-7-12-25-14-16-29-17-15-25/h5-6,10-11,18,21H,1-4,7-9,12-17H2,(H,24,27)/t21-/m1/s1. The van der Waals surface area contributed by atoms with Crippen molar-refractivity contribution in [2.24, 2.45) is 0 Å². The maximum absolute atomic E-state index is 13.3. The van der Waals surface area contributed by atoms with Crippen molar-refractivity contribution in [3.63, 3.8) is 0 Å². The molecule has 0 spiro atoms. The maximum atomic E-state index is 13.3. The number of nitrogens with one attached hydrogen (secondary N) is 1. The lowest BCUT2D eigenvalue weighted by atomic mass is 10.0. The average molecular weight is 400 g/mol. The molecule has 1 aromatic carbocycles. The van der Waals surface area contributed by atoms with E-state index in [1.807, 2.05) is 24.3 Å². The van der Waals surface area contributed by atoms with Crippen LogP contribution in [0.3, 0.4) is 0 Å². The van der Waals surface area contributed by atoms with E-state index in [2.05, 4.69) is 10.2 Å². The topological polar surface area (TPSA) is 61.9 Å². The van der Waals surface area contributed by atoms with Crippen LogP contribution in [-0.4, -0.2) is 67.0 Å². The number of fused-ring (bicyclic) bond motifs is 1. The van der Waals surface area contributed by atoms with Crippen LogP contribution in [0.25, 0.3) is 0 Å². The first-order valence-electron chi connectivity index (χ1n) is 11.2. The Balaban J connectivity index is 1.43. The molecule has 2 heterocycles. The van der Waals surface area contributed by atoms with E-state index in [0.717, 1.165) is 57.7 Å². The van der Waals surface area contributed by atoms with Crippen LogP contribution in [0.15, 0.2) is 24.3 Å². The third-order valence-electron chi connectivity index (χ3n) is 6.49. The summed E-state index contributed by atoms with van der Waals surface area (Å²) in [5.41, 5.74) is 1.54. The smallest absolute Gasteiger partial charge is 0.255 e. The molecule has 1 saturated heterocycles. The SMILES string of the molecule is O=C(NC1CCCCCC1)[C@H]1c2ccccc2C(=O)N1CCCN1CCOCC1. The number of morpholine rings is 1. The van der Waals surface area contributed by atoms with Gasteiger partial charge >= 0.3 is 0 Å². The fourth-order valence-corrected chi connectivity index (χ4v) is 4.88. The summed E-state index contributed by atoms with van der Waals surface area (Å²) >= 11 is 0. The van der Waals surface area contributed by atoms with Gasteiger partial charge in [-0.3, -0.25) is 14.5 Å². The van der Waals surface area contributed by atoms with Gasteiger partial charge in [0, 0.05) is 37.8 Å². The molecule has 4 rings (SSSR count). The van der Waals surface area contributed by atoms with Crippen molar-refractivity contribution in [2.75, 3.05) is 39.4 Å². The highest BCUT2D eigenvalue weighted by Crippen LogP contribution is 2.34. The molecule has 1 aliphatic carbocycles. The zero-order valence-electron chi connectivity index (χ0n) is 17.3. The van der Waals surface area contributed by atoms with Crippen molar-refractivity contribution < 1.29 is 14.3 Å². The fraction of sp³-hybridized carbons (Fsp3) is 0.652. The van der Waals surface area contributed by atoms with E-state index >= 15 is 0 Å². The van der Waals surface area contributed by atoms with Crippen molar-refractivity contribution in [3.8, 4) is 0 Å². The molecule has 1 saturated carbocycles. The van der Waals surface area contributed by atoms with Crippen LogP contribution in [0.4, 0.5) is 0 Å². The first-order valence-corrected chi connectivity index (χ1v) is 11.2. The highest BCUT2D eigenvalue weighted by atomic mass is 16.5. The summed E-state index contributed by atoms with van der Waals surface area (Å²) in [5.74, 6) is -0.0230. The lowest BCUT2D eigenvalue weighted by Gasteiger charge is -2.29. The molecule has 0 bridgehead atoms. The summed E-state index contributed by atoms with van der Waals surface area (Å²) in [5, 5.41) is 3.27. The van der Waals surface area contributed by atoms with Gasteiger partial charge < -0.3 is 15.0 Å². The molecule has 6 nitrogen and oxygen atoms in total. The molecule has 1 aromatic rings. The maximum Gasteiger partial charge on any atom is 0.255 e. The van der Waals surface area contributed by atoms with Crippen LogP contribution in [0.2, 0.25) is 0 Å². The predicted molar refractivity (Wildman–Crippen MR) is 112 cm³/mol. The summed E-state index contributed by atoms with van der Waals surface area (Å²) in [7, 11) is 0. The Labute approximate surface area is 173 Å². The number of nitrogens with zero attached hydrogens (tertiary/aromatic N) is 2. The van der Waals surface area contributed by atoms with Crippen molar-refractivity contribution in [2.45, 2.75) is 57.0 Å². The number of hydrogen-bond acceptors (Lipinski definition) is 4. The zero-order chi connectivity index (χ0) is 20.1. The number of ether oxygens (including phenoxy) is 1. The Bertz CT molecular complexity index is 709. The van der Waals surface area contributed by atoms with E-state index in [1.165, 1.54) is 25.7 Å². The van der Waals surface area contributed by atoms with E-state index in [0.29, 0.717) is 12.1 Å². The highest BCUT2D eigenvalue weighted by molar-refractivity contribution is 6.04. The van der Waals surface area contributed by atoms with Gasteiger partial charge in [-0.1, -0.05) is 43.9 Å². The van der Waals surface area contributed by atoms with Crippen LogP contribution >= 0.6 is 0 Å². The largest absolute Gasteiger partial charge is 0.379 e. The third-order valence-corrected chi connectivity index (χ3v) is 6.49.